The average Bonchev–Trinajstić information content (AvgIpc) is 3.22. The number of imidazole rings is 1. The Morgan fingerprint density at radius 3 is 2.83 bits per heavy atom. The van der Waals surface area contributed by atoms with Crippen molar-refractivity contribution in [2.45, 2.75) is 42.1 Å². The van der Waals surface area contributed by atoms with E-state index in [0.29, 0.717) is 23.8 Å². The van der Waals surface area contributed by atoms with Gasteiger partial charge in [-0.15, -0.1) is 11.6 Å². The maximum absolute atomic E-state index is 16.0. The second-order valence-electron chi connectivity index (χ2n) is 9.62. The van der Waals surface area contributed by atoms with Gasteiger partial charge in [-0.05, 0) is 36.1 Å². The molecule has 2 saturated carbocycles. The maximum atomic E-state index is 16.0. The highest BCUT2D eigenvalue weighted by atomic mass is 35.5. The van der Waals surface area contributed by atoms with Crippen LogP contribution in [0.5, 0.6) is 0 Å². The molecule has 0 radical (unpaired) electrons. The lowest BCUT2D eigenvalue weighted by Gasteiger charge is -2.47. The molecule has 3 aromatic heterocycles. The Kier molecular flexibility index (Phi) is 5.62. The van der Waals surface area contributed by atoms with E-state index in [-0.39, 0.29) is 30.2 Å². The first-order valence-electron chi connectivity index (χ1n) is 11.8. The quantitative estimate of drug-likeness (QED) is 0.466. The van der Waals surface area contributed by atoms with Gasteiger partial charge < -0.3 is 14.6 Å². The number of nitrogens with one attached hydrogen (secondary N) is 3. The van der Waals surface area contributed by atoms with Gasteiger partial charge >= 0.3 is 0 Å². The van der Waals surface area contributed by atoms with Crippen LogP contribution in [0.4, 0.5) is 20.4 Å². The van der Waals surface area contributed by atoms with Crippen molar-refractivity contribution in [2.75, 3.05) is 23.8 Å². The Labute approximate surface area is 206 Å². The van der Waals surface area contributed by atoms with Crippen LogP contribution in [-0.2, 0) is 4.79 Å². The highest BCUT2D eigenvalue weighted by Gasteiger charge is 2.54. The molecule has 3 aromatic rings. The van der Waals surface area contributed by atoms with Crippen molar-refractivity contribution in [3.8, 4) is 0 Å². The highest BCUT2D eigenvalue weighted by Crippen LogP contribution is 2.45. The molecule has 1 aliphatic heterocycles. The summed E-state index contributed by atoms with van der Waals surface area (Å²) in [5, 5.41) is 1.92. The molecule has 1 saturated heterocycles. The third-order valence-electron chi connectivity index (χ3n) is 7.49. The Morgan fingerprint density at radius 1 is 1.26 bits per heavy atom. The lowest BCUT2D eigenvalue weighted by atomic mass is 9.70. The summed E-state index contributed by atoms with van der Waals surface area (Å²) in [5.41, 5.74) is 8.00. The Morgan fingerprint density at radius 2 is 2.09 bits per heavy atom. The van der Waals surface area contributed by atoms with E-state index in [1.807, 2.05) is 48.5 Å². The van der Waals surface area contributed by atoms with Crippen LogP contribution in [0.2, 0.25) is 0 Å². The number of hydrogen-bond donors (Lipinski definition) is 3. The fraction of sp³-hybridized carbons (Fsp3) is 0.458. The van der Waals surface area contributed by atoms with Gasteiger partial charge in [0.25, 0.3) is 0 Å². The molecule has 3 aliphatic rings. The largest absolute Gasteiger partial charge is 0.352 e. The van der Waals surface area contributed by atoms with Crippen LogP contribution in [0.25, 0.3) is 5.65 Å². The first-order chi connectivity index (χ1) is 16.9. The molecule has 6 unspecified atom stereocenters. The SMILES string of the molecule is CN(c1ccccn1)C1C(F)C(Cl)C(c2ccc3nc(NC(=O)[C@@H]4C[C@@H]4F)cn3c2)C2CNNC21. The van der Waals surface area contributed by atoms with Crippen molar-refractivity contribution in [2.24, 2.45) is 11.8 Å². The molecule has 184 valence electrons. The average molecular weight is 502 g/mol. The second kappa shape index (κ2) is 8.69. The summed E-state index contributed by atoms with van der Waals surface area (Å²) in [5.74, 6) is -0.112. The number of halogens is 3. The van der Waals surface area contributed by atoms with Crippen molar-refractivity contribution >= 4 is 34.8 Å². The van der Waals surface area contributed by atoms with Gasteiger partial charge in [-0.2, -0.15) is 0 Å². The lowest BCUT2D eigenvalue weighted by Crippen LogP contribution is -2.62. The van der Waals surface area contributed by atoms with E-state index in [1.54, 1.807) is 16.8 Å². The van der Waals surface area contributed by atoms with E-state index in [2.05, 4.69) is 26.1 Å². The van der Waals surface area contributed by atoms with Gasteiger partial charge in [0.1, 0.15) is 23.8 Å². The van der Waals surface area contributed by atoms with E-state index >= 15 is 4.39 Å². The van der Waals surface area contributed by atoms with E-state index in [0.717, 1.165) is 5.56 Å². The van der Waals surface area contributed by atoms with Gasteiger partial charge in [-0.3, -0.25) is 15.6 Å². The summed E-state index contributed by atoms with van der Waals surface area (Å²) in [6, 6.07) is 8.63. The monoisotopic (exact) mass is 501 g/mol. The zero-order valence-corrected chi connectivity index (χ0v) is 19.7. The Balaban J connectivity index is 1.28. The molecule has 6 rings (SSSR count). The van der Waals surface area contributed by atoms with E-state index in [9.17, 15) is 9.18 Å². The van der Waals surface area contributed by atoms with E-state index in [1.165, 1.54) is 0 Å². The van der Waals surface area contributed by atoms with E-state index < -0.39 is 29.7 Å². The molecular weight excluding hydrogens is 476 g/mol. The molecule has 1 amide bonds. The minimum atomic E-state index is -1.32. The molecule has 11 heteroatoms. The van der Waals surface area contributed by atoms with Crippen LogP contribution in [0.3, 0.4) is 0 Å². The number of pyridine rings is 2. The lowest BCUT2D eigenvalue weighted by molar-refractivity contribution is -0.117. The number of nitrogens with zero attached hydrogens (tertiary/aromatic N) is 4. The van der Waals surface area contributed by atoms with Gasteiger partial charge in [-0.25, -0.2) is 18.7 Å². The zero-order chi connectivity index (χ0) is 24.3. The second-order valence-corrected chi connectivity index (χ2v) is 10.1. The van der Waals surface area contributed by atoms with Crippen LogP contribution in [0.15, 0.2) is 48.9 Å². The van der Waals surface area contributed by atoms with Crippen molar-refractivity contribution in [3.63, 3.8) is 0 Å². The first kappa shape index (κ1) is 22.6. The zero-order valence-electron chi connectivity index (χ0n) is 19.0. The van der Waals surface area contributed by atoms with Gasteiger partial charge in [0.15, 0.2) is 5.82 Å². The third-order valence-corrected chi connectivity index (χ3v) is 8.00. The van der Waals surface area contributed by atoms with Crippen LogP contribution in [0.1, 0.15) is 17.9 Å². The van der Waals surface area contributed by atoms with Crippen molar-refractivity contribution in [1.82, 2.24) is 25.2 Å². The first-order valence-corrected chi connectivity index (χ1v) is 12.2. The summed E-state index contributed by atoms with van der Waals surface area (Å²) < 4.78 is 30.9. The number of aromatic nitrogens is 3. The van der Waals surface area contributed by atoms with Crippen LogP contribution in [-0.4, -0.2) is 63.7 Å². The molecule has 3 fully saturated rings. The molecule has 35 heavy (non-hydrogen) atoms. The third kappa shape index (κ3) is 3.93. The molecule has 4 heterocycles. The van der Waals surface area contributed by atoms with Gasteiger partial charge in [0.05, 0.1) is 23.5 Å². The van der Waals surface area contributed by atoms with Gasteiger partial charge in [0.2, 0.25) is 5.91 Å². The number of rotatable bonds is 5. The number of anilines is 2. The van der Waals surface area contributed by atoms with Crippen LogP contribution < -0.4 is 21.1 Å². The predicted octanol–water partition coefficient (Wildman–Crippen LogP) is 2.67. The number of amides is 1. The molecule has 0 spiro atoms. The number of fused-ring (bicyclic) bond motifs is 2. The van der Waals surface area contributed by atoms with Gasteiger partial charge in [-0.1, -0.05) is 12.1 Å². The number of hydrogen-bond acceptors (Lipinski definition) is 6. The minimum Gasteiger partial charge on any atom is -0.352 e. The predicted molar refractivity (Wildman–Crippen MR) is 129 cm³/mol. The Hall–Kier alpha value is -2.82. The van der Waals surface area contributed by atoms with E-state index in [4.69, 9.17) is 11.6 Å². The standard InChI is InChI=1S/C24H26ClF2N7O/c1-33(17-4-2-3-7-28-17)23-21(27)20(25)19(14-9-29-32-22(14)23)12-5-6-18-30-16(11-34(18)10-12)31-24(35)13-8-15(13)26/h2-7,10-11,13-15,19-23,29,32H,8-9H2,1H3,(H,31,35)/t13-,14?,15+,19?,20?,21?,22?,23?/m1/s1. The Bertz CT molecular complexity index is 1240. The molecule has 2 aliphatic carbocycles. The van der Waals surface area contributed by atoms with Gasteiger partial charge in [0, 0.05) is 37.9 Å². The molecular formula is C24H26ClF2N7O. The summed E-state index contributed by atoms with van der Waals surface area (Å²) in [7, 11) is 1.85. The summed E-state index contributed by atoms with van der Waals surface area (Å²) in [6.07, 6.45) is 3.14. The number of carbonyl (C=O) groups excluding carboxylic acids is 1. The summed E-state index contributed by atoms with van der Waals surface area (Å²) >= 11 is 6.85. The summed E-state index contributed by atoms with van der Waals surface area (Å²) in [4.78, 5) is 22.7. The maximum Gasteiger partial charge on any atom is 0.231 e. The van der Waals surface area contributed by atoms with Crippen molar-refractivity contribution < 1.29 is 13.6 Å². The normalized spacial score (nSPS) is 33.9. The van der Waals surface area contributed by atoms with Crippen molar-refractivity contribution in [3.05, 3.63) is 54.5 Å². The number of carbonyl (C=O) groups is 1. The van der Waals surface area contributed by atoms with Crippen LogP contribution in [0, 0.1) is 11.8 Å². The van der Waals surface area contributed by atoms with Crippen molar-refractivity contribution in [1.29, 1.82) is 0 Å². The number of hydrazine groups is 1. The molecule has 8 nitrogen and oxygen atoms in total. The number of alkyl halides is 3. The molecule has 3 N–H and O–H groups in total. The van der Waals surface area contributed by atoms with Crippen LogP contribution >= 0.6 is 11.6 Å². The smallest absolute Gasteiger partial charge is 0.231 e. The molecule has 0 aromatic carbocycles. The topological polar surface area (TPSA) is 86.6 Å². The molecule has 8 atom stereocenters. The number of likely N-dealkylation sites (N-methyl/N-ethyl adjacent to an activating group) is 1. The molecule has 0 bridgehead atoms. The summed E-state index contributed by atoms with van der Waals surface area (Å²) in [6.45, 7) is 0.646. The fourth-order valence-corrected chi connectivity index (χ4v) is 6.04. The highest BCUT2D eigenvalue weighted by molar-refractivity contribution is 6.21. The minimum absolute atomic E-state index is 0.0390. The fourth-order valence-electron chi connectivity index (χ4n) is 5.56.